The molecule has 1 amide bonds. The normalized spacial score (nSPS) is 11.1. The molecule has 10 heteroatoms. The fraction of sp³-hybridized carbons (Fsp3) is 0.211. The zero-order valence-corrected chi connectivity index (χ0v) is 16.3. The maximum Gasteiger partial charge on any atom is 0.270 e. The first-order valence-corrected chi connectivity index (χ1v) is 9.75. The van der Waals surface area contributed by atoms with Crippen LogP contribution in [0.15, 0.2) is 47.0 Å². The highest BCUT2D eigenvalue weighted by Crippen LogP contribution is 2.09. The number of hydrogen-bond acceptors (Lipinski definition) is 6. The van der Waals surface area contributed by atoms with E-state index in [0.29, 0.717) is 29.8 Å². The highest BCUT2D eigenvalue weighted by atomic mass is 32.1. The largest absolute Gasteiger partial charge is 0.349 e. The van der Waals surface area contributed by atoms with Gasteiger partial charge in [0.1, 0.15) is 23.2 Å². The van der Waals surface area contributed by atoms with Crippen molar-refractivity contribution >= 4 is 28.3 Å². The number of amides is 1. The Labute approximate surface area is 168 Å². The van der Waals surface area contributed by atoms with Gasteiger partial charge in [-0.2, -0.15) is 5.10 Å². The quantitative estimate of drug-likeness (QED) is 0.523. The van der Waals surface area contributed by atoms with Crippen LogP contribution in [0.5, 0.6) is 0 Å². The molecule has 0 aliphatic carbocycles. The van der Waals surface area contributed by atoms with Crippen LogP contribution in [0.2, 0.25) is 0 Å². The lowest BCUT2D eigenvalue weighted by Crippen LogP contribution is -2.28. The molecule has 3 heterocycles. The predicted octanol–water partition coefficient (Wildman–Crippen LogP) is 1.98. The molecule has 0 radical (unpaired) electrons. The Morgan fingerprint density at radius 2 is 2.07 bits per heavy atom. The van der Waals surface area contributed by atoms with Crippen LogP contribution in [0.1, 0.15) is 21.1 Å². The summed E-state index contributed by atoms with van der Waals surface area (Å²) in [6.45, 7) is 2.82. The Morgan fingerprint density at radius 1 is 1.28 bits per heavy atom. The van der Waals surface area contributed by atoms with E-state index in [-0.39, 0.29) is 23.8 Å². The number of carbonyl (C=O) groups is 1. The smallest absolute Gasteiger partial charge is 0.270 e. The first-order chi connectivity index (χ1) is 14.0. The van der Waals surface area contributed by atoms with E-state index in [9.17, 15) is 14.0 Å². The number of aryl methyl sites for hydroxylation is 1. The van der Waals surface area contributed by atoms with Gasteiger partial charge in [-0.05, 0) is 24.6 Å². The summed E-state index contributed by atoms with van der Waals surface area (Å²) in [5, 5.41) is 9.92. The number of halogens is 1. The average Bonchev–Trinajstić information content (AvgIpc) is 3.32. The van der Waals surface area contributed by atoms with Crippen molar-refractivity contribution in [2.45, 2.75) is 20.0 Å². The molecule has 1 N–H and O–H groups in total. The molecule has 8 nitrogen and oxygen atoms in total. The van der Waals surface area contributed by atoms with Crippen molar-refractivity contribution in [3.8, 4) is 0 Å². The summed E-state index contributed by atoms with van der Waals surface area (Å²) >= 11 is 1.41. The lowest BCUT2D eigenvalue weighted by atomic mass is 10.2. The van der Waals surface area contributed by atoms with Crippen LogP contribution in [0.3, 0.4) is 0 Å². The van der Waals surface area contributed by atoms with Gasteiger partial charge in [-0.1, -0.05) is 12.1 Å². The molecule has 0 atom stereocenters. The molecular weight excluding hydrogens is 395 g/mol. The van der Waals surface area contributed by atoms with Crippen molar-refractivity contribution in [2.24, 2.45) is 0 Å². The third-order valence-electron chi connectivity index (χ3n) is 4.35. The number of fused-ring (bicyclic) bond motifs is 1. The van der Waals surface area contributed by atoms with Gasteiger partial charge in [-0.25, -0.2) is 19.0 Å². The molecule has 1 aromatic carbocycles. The van der Waals surface area contributed by atoms with Gasteiger partial charge in [0.2, 0.25) is 0 Å². The van der Waals surface area contributed by atoms with Crippen molar-refractivity contribution in [1.82, 2.24) is 29.6 Å². The Bertz CT molecular complexity index is 1230. The fourth-order valence-corrected chi connectivity index (χ4v) is 3.49. The lowest BCUT2D eigenvalue weighted by Gasteiger charge is -2.07. The van der Waals surface area contributed by atoms with E-state index in [4.69, 9.17) is 0 Å². The summed E-state index contributed by atoms with van der Waals surface area (Å²) in [4.78, 5) is 33.2. The third kappa shape index (κ3) is 4.06. The lowest BCUT2D eigenvalue weighted by molar-refractivity contribution is 0.0947. The SMILES string of the molecule is Cc1nc(C(=O)NCCn2ncc3c(=O)n(Cc4ccc(F)cc4)cnc32)cs1. The standard InChI is InChI=1S/C19H17FN6O2S/c1-12-24-16(10-29-12)18(27)21-6-7-26-17-15(8-23-26)19(28)25(11-22-17)9-13-2-4-14(20)5-3-13/h2-5,8,10-11H,6-7,9H2,1H3,(H,21,27). The number of nitrogens with one attached hydrogen (secondary N) is 1. The molecule has 29 heavy (non-hydrogen) atoms. The molecule has 148 valence electrons. The molecular formula is C19H17FN6O2S. The van der Waals surface area contributed by atoms with E-state index >= 15 is 0 Å². The van der Waals surface area contributed by atoms with Crippen LogP contribution in [0.25, 0.3) is 11.0 Å². The van der Waals surface area contributed by atoms with Crippen molar-refractivity contribution in [3.05, 3.63) is 74.6 Å². The average molecular weight is 412 g/mol. The zero-order valence-electron chi connectivity index (χ0n) is 15.5. The van der Waals surface area contributed by atoms with E-state index in [0.717, 1.165) is 10.6 Å². The summed E-state index contributed by atoms with van der Waals surface area (Å²) < 4.78 is 16.1. The van der Waals surface area contributed by atoms with Crippen molar-refractivity contribution in [3.63, 3.8) is 0 Å². The van der Waals surface area contributed by atoms with Crippen LogP contribution in [-0.4, -0.2) is 36.8 Å². The molecule has 0 fully saturated rings. The molecule has 0 spiro atoms. The number of carbonyl (C=O) groups excluding carboxylic acids is 1. The molecule has 3 aromatic heterocycles. The van der Waals surface area contributed by atoms with Crippen molar-refractivity contribution < 1.29 is 9.18 Å². The first-order valence-electron chi connectivity index (χ1n) is 8.87. The summed E-state index contributed by atoms with van der Waals surface area (Å²) in [5.41, 5.74) is 1.40. The van der Waals surface area contributed by atoms with E-state index < -0.39 is 0 Å². The molecule has 0 saturated heterocycles. The van der Waals surface area contributed by atoms with Gasteiger partial charge < -0.3 is 5.32 Å². The van der Waals surface area contributed by atoms with Crippen molar-refractivity contribution in [2.75, 3.05) is 6.54 Å². The molecule has 0 aliphatic heterocycles. The summed E-state index contributed by atoms with van der Waals surface area (Å²) in [6, 6.07) is 5.96. The fourth-order valence-electron chi connectivity index (χ4n) is 2.89. The summed E-state index contributed by atoms with van der Waals surface area (Å²) in [5.74, 6) is -0.576. The molecule has 0 unspecified atom stereocenters. The number of hydrogen-bond donors (Lipinski definition) is 1. The minimum Gasteiger partial charge on any atom is -0.349 e. The number of aromatic nitrogens is 5. The minimum atomic E-state index is -0.326. The topological polar surface area (TPSA) is 94.7 Å². The second-order valence-corrected chi connectivity index (χ2v) is 7.48. The maximum absolute atomic E-state index is 13.0. The molecule has 0 aliphatic rings. The zero-order chi connectivity index (χ0) is 20.4. The van der Waals surface area contributed by atoms with Crippen LogP contribution in [-0.2, 0) is 13.1 Å². The highest BCUT2D eigenvalue weighted by Gasteiger charge is 2.12. The van der Waals surface area contributed by atoms with Gasteiger partial charge in [-0.3, -0.25) is 14.2 Å². The Hall–Kier alpha value is -3.40. The monoisotopic (exact) mass is 412 g/mol. The highest BCUT2D eigenvalue weighted by molar-refractivity contribution is 7.09. The number of rotatable bonds is 6. The van der Waals surface area contributed by atoms with E-state index in [2.05, 4.69) is 20.4 Å². The van der Waals surface area contributed by atoms with Crippen LogP contribution in [0, 0.1) is 12.7 Å². The van der Waals surface area contributed by atoms with E-state index in [1.807, 2.05) is 6.92 Å². The first kappa shape index (κ1) is 18.9. The number of benzene rings is 1. The van der Waals surface area contributed by atoms with Gasteiger partial charge in [0, 0.05) is 11.9 Å². The molecule has 4 aromatic rings. The second kappa shape index (κ2) is 7.92. The number of nitrogens with zero attached hydrogens (tertiary/aromatic N) is 5. The summed E-state index contributed by atoms with van der Waals surface area (Å²) in [6.07, 6.45) is 2.92. The van der Waals surface area contributed by atoms with Gasteiger partial charge >= 0.3 is 0 Å². The van der Waals surface area contributed by atoms with Crippen LogP contribution in [0.4, 0.5) is 4.39 Å². The molecule has 4 rings (SSSR count). The van der Waals surface area contributed by atoms with Gasteiger partial charge in [0.25, 0.3) is 11.5 Å². The van der Waals surface area contributed by atoms with E-state index in [1.165, 1.54) is 40.6 Å². The van der Waals surface area contributed by atoms with Gasteiger partial charge in [0.05, 0.1) is 24.3 Å². The van der Waals surface area contributed by atoms with Gasteiger partial charge in [0.15, 0.2) is 5.65 Å². The Balaban J connectivity index is 1.46. The van der Waals surface area contributed by atoms with Gasteiger partial charge in [-0.15, -0.1) is 11.3 Å². The molecule has 0 saturated carbocycles. The Kier molecular flexibility index (Phi) is 5.17. The third-order valence-corrected chi connectivity index (χ3v) is 5.12. The summed E-state index contributed by atoms with van der Waals surface area (Å²) in [7, 11) is 0. The molecule has 0 bridgehead atoms. The second-order valence-electron chi connectivity index (χ2n) is 6.42. The number of thiazole rings is 1. The van der Waals surface area contributed by atoms with Crippen LogP contribution >= 0.6 is 11.3 Å². The van der Waals surface area contributed by atoms with E-state index in [1.54, 1.807) is 22.2 Å². The maximum atomic E-state index is 13.0. The van der Waals surface area contributed by atoms with Crippen LogP contribution < -0.4 is 10.9 Å². The Morgan fingerprint density at radius 3 is 2.79 bits per heavy atom. The predicted molar refractivity (Wildman–Crippen MR) is 106 cm³/mol. The minimum absolute atomic E-state index is 0.229. The van der Waals surface area contributed by atoms with Crippen molar-refractivity contribution in [1.29, 1.82) is 0 Å².